The maximum atomic E-state index is 12.4. The number of primary sulfonamides is 1. The van der Waals surface area contributed by atoms with Crippen LogP contribution in [0.2, 0.25) is 0 Å². The number of piperidine rings is 1. The number of aromatic amines is 1. The van der Waals surface area contributed by atoms with Crippen LogP contribution in [0.4, 0.5) is 11.5 Å². The van der Waals surface area contributed by atoms with Gasteiger partial charge in [-0.15, -0.1) is 0 Å². The average Bonchev–Trinajstić information content (AvgIpc) is 3.21. The van der Waals surface area contributed by atoms with Crippen LogP contribution in [0.1, 0.15) is 12.8 Å². The Morgan fingerprint density at radius 1 is 1.30 bits per heavy atom. The number of rotatable bonds is 6. The smallest absolute Gasteiger partial charge is 0.239 e. The third-order valence-electron chi connectivity index (χ3n) is 5.03. The van der Waals surface area contributed by atoms with Crippen LogP contribution < -0.4 is 20.7 Å². The summed E-state index contributed by atoms with van der Waals surface area (Å²) in [5.41, 5.74) is 1.30. The van der Waals surface area contributed by atoms with Gasteiger partial charge in [0, 0.05) is 31.0 Å². The quantitative estimate of drug-likeness (QED) is 0.453. The number of benzene rings is 1. The van der Waals surface area contributed by atoms with Crippen molar-refractivity contribution in [2.24, 2.45) is 5.14 Å². The normalized spacial score (nSPS) is 17.1. The molecule has 1 fully saturated rings. The van der Waals surface area contributed by atoms with Crippen molar-refractivity contribution in [3.05, 3.63) is 42.9 Å². The molecule has 0 spiro atoms. The molecular formula is C19H23N7O3S. The van der Waals surface area contributed by atoms with E-state index in [1.807, 2.05) is 12.3 Å². The Morgan fingerprint density at radius 3 is 3.00 bits per heavy atom. The molecule has 2 aromatic heterocycles. The predicted octanol–water partition coefficient (Wildman–Crippen LogP) is 0.802. The van der Waals surface area contributed by atoms with E-state index in [9.17, 15) is 13.2 Å². The third kappa shape index (κ3) is 4.52. The lowest BCUT2D eigenvalue weighted by Crippen LogP contribution is -2.49. The number of carbonyl (C=O) groups excluding carboxylic acids is 1. The zero-order valence-corrected chi connectivity index (χ0v) is 17.0. The second kappa shape index (κ2) is 8.28. The number of hydrogen-bond acceptors (Lipinski definition) is 7. The second-order valence-electron chi connectivity index (χ2n) is 7.22. The fourth-order valence-corrected chi connectivity index (χ4v) is 4.20. The van der Waals surface area contributed by atoms with Gasteiger partial charge >= 0.3 is 0 Å². The molecule has 3 heterocycles. The highest BCUT2D eigenvalue weighted by molar-refractivity contribution is 7.89. The Bertz CT molecular complexity index is 1160. The average molecular weight is 430 g/mol. The summed E-state index contributed by atoms with van der Waals surface area (Å²) < 4.78 is 22.9. The molecule has 4 rings (SSSR count). The molecule has 1 aliphatic heterocycles. The van der Waals surface area contributed by atoms with Crippen molar-refractivity contribution >= 4 is 38.5 Å². The number of nitrogens with zero attached hydrogens (tertiary/aromatic N) is 3. The molecular weight excluding hydrogens is 406 g/mol. The molecule has 10 nitrogen and oxygen atoms in total. The van der Waals surface area contributed by atoms with Gasteiger partial charge in [0.05, 0.1) is 16.8 Å². The highest BCUT2D eigenvalue weighted by Crippen LogP contribution is 2.25. The molecule has 11 heteroatoms. The maximum Gasteiger partial charge on any atom is 0.239 e. The van der Waals surface area contributed by atoms with Crippen molar-refractivity contribution in [1.29, 1.82) is 0 Å². The molecule has 1 amide bonds. The number of H-pyrrole nitrogens is 1. The second-order valence-corrected chi connectivity index (χ2v) is 8.78. The standard InChI is InChI=1S/C19H23N7O3S/c20-30(28,29)15-5-1-3-13(9-15)22-10-17(27)25-14-4-2-8-26(11-14)19-16-6-7-21-18(16)23-12-24-19/h1,3,5-7,9,12,14,22H,2,4,8,10-11H2,(H,25,27)(H2,20,28,29)(H,21,23,24). The maximum absolute atomic E-state index is 12.4. The lowest BCUT2D eigenvalue weighted by Gasteiger charge is -2.34. The minimum atomic E-state index is -3.79. The Balaban J connectivity index is 1.35. The molecule has 1 unspecified atom stereocenters. The van der Waals surface area contributed by atoms with Crippen LogP contribution in [-0.2, 0) is 14.8 Å². The van der Waals surface area contributed by atoms with E-state index >= 15 is 0 Å². The van der Waals surface area contributed by atoms with Gasteiger partial charge in [0.25, 0.3) is 0 Å². The molecule has 158 valence electrons. The fraction of sp³-hybridized carbons (Fsp3) is 0.316. The number of nitrogens with two attached hydrogens (primary N) is 1. The Labute approximate surface area is 173 Å². The number of sulfonamides is 1. The Morgan fingerprint density at radius 2 is 2.17 bits per heavy atom. The van der Waals surface area contributed by atoms with Gasteiger partial charge in [0.2, 0.25) is 15.9 Å². The fourth-order valence-electron chi connectivity index (χ4n) is 3.64. The number of anilines is 2. The molecule has 0 aliphatic carbocycles. The van der Waals surface area contributed by atoms with Crippen molar-refractivity contribution in [2.75, 3.05) is 29.9 Å². The summed E-state index contributed by atoms with van der Waals surface area (Å²) in [4.78, 5) is 26.3. The third-order valence-corrected chi connectivity index (χ3v) is 5.95. The number of fused-ring (bicyclic) bond motifs is 1. The van der Waals surface area contributed by atoms with Crippen LogP contribution in [0.25, 0.3) is 11.0 Å². The van der Waals surface area contributed by atoms with E-state index < -0.39 is 10.0 Å². The molecule has 1 saturated heterocycles. The van der Waals surface area contributed by atoms with Crippen molar-refractivity contribution in [2.45, 2.75) is 23.8 Å². The number of carbonyl (C=O) groups is 1. The number of nitrogens with one attached hydrogen (secondary N) is 3. The summed E-state index contributed by atoms with van der Waals surface area (Å²) in [5, 5.41) is 12.1. The first-order chi connectivity index (χ1) is 14.4. The molecule has 0 bridgehead atoms. The first-order valence-corrected chi connectivity index (χ1v) is 11.1. The largest absolute Gasteiger partial charge is 0.376 e. The van der Waals surface area contributed by atoms with E-state index in [-0.39, 0.29) is 23.4 Å². The summed E-state index contributed by atoms with van der Waals surface area (Å²) in [7, 11) is -3.79. The van der Waals surface area contributed by atoms with Crippen molar-refractivity contribution in [3.63, 3.8) is 0 Å². The zero-order valence-electron chi connectivity index (χ0n) is 16.2. The summed E-state index contributed by atoms with van der Waals surface area (Å²) in [6.45, 7) is 1.55. The Kier molecular flexibility index (Phi) is 5.55. The lowest BCUT2D eigenvalue weighted by molar-refractivity contribution is -0.120. The summed E-state index contributed by atoms with van der Waals surface area (Å²) >= 11 is 0. The summed E-state index contributed by atoms with van der Waals surface area (Å²) in [5.74, 6) is 0.690. The van der Waals surface area contributed by atoms with E-state index in [1.54, 1.807) is 12.1 Å². The van der Waals surface area contributed by atoms with Crippen LogP contribution in [0.5, 0.6) is 0 Å². The SMILES string of the molecule is NS(=O)(=O)c1cccc(NCC(=O)NC2CCCN(c3ncnc4[nH]ccc34)C2)c1. The first-order valence-electron chi connectivity index (χ1n) is 9.59. The zero-order chi connectivity index (χ0) is 21.1. The highest BCUT2D eigenvalue weighted by atomic mass is 32.2. The molecule has 1 atom stereocenters. The minimum absolute atomic E-state index is 0.00301. The van der Waals surface area contributed by atoms with E-state index in [2.05, 4.69) is 30.5 Å². The van der Waals surface area contributed by atoms with Crippen LogP contribution in [0, 0.1) is 0 Å². The molecule has 5 N–H and O–H groups in total. The van der Waals surface area contributed by atoms with Crippen molar-refractivity contribution < 1.29 is 13.2 Å². The molecule has 1 aromatic carbocycles. The summed E-state index contributed by atoms with van der Waals surface area (Å²) in [6, 6.07) is 8.01. The van der Waals surface area contributed by atoms with Crippen LogP contribution in [-0.4, -0.2) is 55.0 Å². The van der Waals surface area contributed by atoms with Crippen LogP contribution in [0.3, 0.4) is 0 Å². The molecule has 3 aromatic rings. The monoisotopic (exact) mass is 429 g/mol. The summed E-state index contributed by atoms with van der Waals surface area (Å²) in [6.07, 6.45) is 5.19. The van der Waals surface area contributed by atoms with Gasteiger partial charge < -0.3 is 20.5 Å². The predicted molar refractivity (Wildman–Crippen MR) is 114 cm³/mol. The van der Waals surface area contributed by atoms with Gasteiger partial charge in [-0.2, -0.15) is 0 Å². The first kappa shape index (κ1) is 20.1. The highest BCUT2D eigenvalue weighted by Gasteiger charge is 2.24. The molecule has 30 heavy (non-hydrogen) atoms. The van der Waals surface area contributed by atoms with Crippen LogP contribution in [0.15, 0.2) is 47.8 Å². The number of amides is 1. The number of hydrogen-bond donors (Lipinski definition) is 4. The van der Waals surface area contributed by atoms with Gasteiger partial charge in [-0.3, -0.25) is 4.79 Å². The van der Waals surface area contributed by atoms with Gasteiger partial charge in [-0.25, -0.2) is 23.5 Å². The molecule has 0 radical (unpaired) electrons. The van der Waals surface area contributed by atoms with Crippen molar-refractivity contribution in [3.8, 4) is 0 Å². The van der Waals surface area contributed by atoms with Gasteiger partial charge in [-0.1, -0.05) is 6.07 Å². The van der Waals surface area contributed by atoms with E-state index in [0.29, 0.717) is 12.2 Å². The molecule has 0 saturated carbocycles. The van der Waals surface area contributed by atoms with Crippen LogP contribution >= 0.6 is 0 Å². The lowest BCUT2D eigenvalue weighted by atomic mass is 10.1. The van der Waals surface area contributed by atoms with E-state index in [0.717, 1.165) is 36.2 Å². The topological polar surface area (TPSA) is 146 Å². The number of aromatic nitrogens is 3. The van der Waals surface area contributed by atoms with Crippen molar-refractivity contribution in [1.82, 2.24) is 20.3 Å². The minimum Gasteiger partial charge on any atom is -0.376 e. The molecule has 1 aliphatic rings. The van der Waals surface area contributed by atoms with Gasteiger partial charge in [0.1, 0.15) is 17.8 Å². The Hall–Kier alpha value is -3.18. The van der Waals surface area contributed by atoms with Gasteiger partial charge in [0.15, 0.2) is 0 Å². The van der Waals surface area contributed by atoms with E-state index in [4.69, 9.17) is 5.14 Å². The van der Waals surface area contributed by atoms with E-state index in [1.165, 1.54) is 18.5 Å². The van der Waals surface area contributed by atoms with Gasteiger partial charge in [-0.05, 0) is 37.1 Å².